The Hall–Kier alpha value is -4.75. The molecule has 258 valence electrons. The summed E-state index contributed by atoms with van der Waals surface area (Å²) in [6.07, 6.45) is 2.45. The smallest absolute Gasteiger partial charge is 0.258 e. The lowest BCUT2D eigenvalue weighted by Gasteiger charge is -2.50. The van der Waals surface area contributed by atoms with Gasteiger partial charge in [0.25, 0.3) is 11.8 Å². The van der Waals surface area contributed by atoms with Crippen LogP contribution in [0.5, 0.6) is 11.5 Å². The Kier molecular flexibility index (Phi) is 7.68. The second kappa shape index (κ2) is 11.4. The molecule has 2 heterocycles. The van der Waals surface area contributed by atoms with Crippen LogP contribution in [-0.2, 0) is 19.2 Å². The molecule has 3 aromatic carbocycles. The Balaban J connectivity index is 1.42. The van der Waals surface area contributed by atoms with E-state index in [1.807, 2.05) is 0 Å². The number of nitrogens with zero attached hydrogens (tertiary/aromatic N) is 2. The van der Waals surface area contributed by atoms with Crippen molar-refractivity contribution in [1.29, 1.82) is 0 Å². The molecule has 6 unspecified atom stereocenters. The first kappa shape index (κ1) is 33.7. The fraction of sp³-hybridized carbons (Fsp3) is 0.257. The molecular weight excluding hydrogens is 710 g/mol. The second-order valence-corrected chi connectivity index (χ2v) is 13.7. The van der Waals surface area contributed by atoms with E-state index in [-0.39, 0.29) is 33.9 Å². The number of anilines is 2. The molecule has 8 nitrogen and oxygen atoms in total. The van der Waals surface area contributed by atoms with Crippen LogP contribution in [0.4, 0.5) is 33.3 Å². The van der Waals surface area contributed by atoms with Crippen molar-refractivity contribution in [1.82, 2.24) is 0 Å². The number of aromatic hydroxyl groups is 1. The number of ether oxygens (including phenoxy) is 1. The Labute approximate surface area is 290 Å². The highest BCUT2D eigenvalue weighted by Crippen LogP contribution is 2.66. The van der Waals surface area contributed by atoms with Crippen LogP contribution < -0.4 is 14.5 Å². The van der Waals surface area contributed by atoms with Crippen LogP contribution in [0.1, 0.15) is 29.9 Å². The first-order chi connectivity index (χ1) is 23.6. The normalized spacial score (nSPS) is 28.8. The third-order valence-corrected chi connectivity index (χ3v) is 11.6. The monoisotopic (exact) mass is 732 g/mol. The highest BCUT2D eigenvalue weighted by atomic mass is 35.5. The van der Waals surface area contributed by atoms with E-state index in [4.69, 9.17) is 27.9 Å². The van der Waals surface area contributed by atoms with Gasteiger partial charge in [-0.2, -0.15) is 0 Å². The fourth-order valence-electron chi connectivity index (χ4n) is 7.84. The molecule has 0 bridgehead atoms. The number of imide groups is 2. The molecule has 6 atom stereocenters. The third-order valence-electron chi connectivity index (χ3n) is 10.1. The number of phenolic OH excluding ortho intramolecular Hbond substituents is 1. The molecule has 1 saturated carbocycles. The van der Waals surface area contributed by atoms with Crippen molar-refractivity contribution in [3.8, 4) is 11.5 Å². The van der Waals surface area contributed by atoms with Crippen molar-refractivity contribution in [3.05, 3.63) is 101 Å². The van der Waals surface area contributed by atoms with E-state index < -0.39 is 104 Å². The van der Waals surface area contributed by atoms with Crippen molar-refractivity contribution in [2.45, 2.75) is 28.5 Å². The molecular formula is C35H23Cl2F5N2O6. The standard InChI is InChI=1S/C35H23Cl2F5N2O6/c1-3-14-4-7-16(8-5-14)43-30(46)18-10-9-17-19(22(18)31(43)47)13-34(36)32(48)44(29-27(41)25(39)24(38)26(40)28(29)42)33(49)35(34,37)23(17)15-6-11-21(50-2)20(45)12-15/h3-9,11-12,18-19,22-23,45H,1,10,13H2,2H3. The van der Waals surface area contributed by atoms with E-state index in [1.165, 1.54) is 19.2 Å². The van der Waals surface area contributed by atoms with E-state index in [1.54, 1.807) is 36.4 Å². The van der Waals surface area contributed by atoms with E-state index in [9.17, 15) is 37.5 Å². The number of rotatable bonds is 5. The topological polar surface area (TPSA) is 104 Å². The van der Waals surface area contributed by atoms with Gasteiger partial charge in [-0.25, -0.2) is 26.9 Å². The number of fused-ring (bicyclic) bond motifs is 4. The molecule has 50 heavy (non-hydrogen) atoms. The Morgan fingerprint density at radius 1 is 0.860 bits per heavy atom. The number of methoxy groups -OCH3 is 1. The quantitative estimate of drug-likeness (QED) is 0.0802. The Morgan fingerprint density at radius 2 is 1.48 bits per heavy atom. The first-order valence-corrected chi connectivity index (χ1v) is 15.8. The van der Waals surface area contributed by atoms with Crippen molar-refractivity contribution in [3.63, 3.8) is 0 Å². The molecule has 7 rings (SSSR count). The van der Waals surface area contributed by atoms with Gasteiger partial charge in [0.1, 0.15) is 5.69 Å². The minimum absolute atomic E-state index is 0.00825. The molecule has 3 fully saturated rings. The molecule has 4 amide bonds. The van der Waals surface area contributed by atoms with E-state index in [0.29, 0.717) is 0 Å². The van der Waals surface area contributed by atoms with Gasteiger partial charge in [0.2, 0.25) is 17.6 Å². The number of allylic oxidation sites excluding steroid dienone is 2. The van der Waals surface area contributed by atoms with Gasteiger partial charge in [0.15, 0.2) is 44.5 Å². The molecule has 0 aromatic heterocycles. The zero-order valence-electron chi connectivity index (χ0n) is 25.7. The number of halogens is 7. The number of carbonyl (C=O) groups excluding carboxylic acids is 4. The summed E-state index contributed by atoms with van der Waals surface area (Å²) in [5.74, 6) is -22.0. The number of benzene rings is 3. The summed E-state index contributed by atoms with van der Waals surface area (Å²) in [7, 11) is 1.27. The lowest BCUT2D eigenvalue weighted by Crippen LogP contribution is -2.60. The van der Waals surface area contributed by atoms with E-state index in [2.05, 4.69) is 6.58 Å². The maximum absolute atomic E-state index is 15.2. The van der Waals surface area contributed by atoms with E-state index >= 15 is 8.78 Å². The predicted octanol–water partition coefficient (Wildman–Crippen LogP) is 6.51. The molecule has 2 aliphatic heterocycles. The molecule has 0 spiro atoms. The summed E-state index contributed by atoms with van der Waals surface area (Å²) in [5.41, 5.74) is -0.624. The van der Waals surface area contributed by atoms with Crippen LogP contribution in [0.2, 0.25) is 0 Å². The summed E-state index contributed by atoms with van der Waals surface area (Å²) in [5, 5.41) is 10.7. The molecule has 4 aliphatic rings. The number of phenols is 1. The summed E-state index contributed by atoms with van der Waals surface area (Å²) in [4.78, 5) is 51.9. The van der Waals surface area contributed by atoms with Crippen LogP contribution in [0.3, 0.4) is 0 Å². The zero-order valence-corrected chi connectivity index (χ0v) is 27.2. The summed E-state index contributed by atoms with van der Waals surface area (Å²) in [6, 6.07) is 10.2. The van der Waals surface area contributed by atoms with Gasteiger partial charge in [-0.3, -0.25) is 24.1 Å². The van der Waals surface area contributed by atoms with Crippen LogP contribution in [0.15, 0.2) is 60.7 Å². The highest BCUT2D eigenvalue weighted by molar-refractivity contribution is 6.58. The Morgan fingerprint density at radius 3 is 2.06 bits per heavy atom. The SMILES string of the molecule is C=Cc1ccc(N2C(=O)C3CC=C4C(CC5(Cl)C(=O)N(c6c(F)c(F)c(F)c(F)c6F)C(=O)C5(Cl)C4c4ccc(OC)c(O)c4)C3C2=O)cc1. The van der Waals surface area contributed by atoms with Gasteiger partial charge in [-0.15, -0.1) is 23.2 Å². The third kappa shape index (κ3) is 4.22. The summed E-state index contributed by atoms with van der Waals surface area (Å²) >= 11 is 14.2. The lowest BCUT2D eigenvalue weighted by molar-refractivity contribution is -0.125. The predicted molar refractivity (Wildman–Crippen MR) is 170 cm³/mol. The number of carbonyl (C=O) groups is 4. The number of hydrogen-bond donors (Lipinski definition) is 1. The number of hydrogen-bond acceptors (Lipinski definition) is 6. The van der Waals surface area contributed by atoms with Gasteiger partial charge in [0, 0.05) is 5.92 Å². The minimum Gasteiger partial charge on any atom is -0.504 e. The van der Waals surface area contributed by atoms with Gasteiger partial charge in [-0.1, -0.05) is 42.5 Å². The van der Waals surface area contributed by atoms with Gasteiger partial charge < -0.3 is 9.84 Å². The van der Waals surface area contributed by atoms with Crippen LogP contribution in [0, 0.1) is 46.8 Å². The molecule has 1 N–H and O–H groups in total. The van der Waals surface area contributed by atoms with Gasteiger partial charge >= 0.3 is 0 Å². The zero-order chi connectivity index (χ0) is 36.2. The van der Waals surface area contributed by atoms with Crippen molar-refractivity contribution >= 4 is 64.3 Å². The molecule has 3 aromatic rings. The minimum atomic E-state index is -2.71. The first-order valence-electron chi connectivity index (χ1n) is 15.1. The molecule has 2 aliphatic carbocycles. The summed E-state index contributed by atoms with van der Waals surface area (Å²) < 4.78 is 78.4. The van der Waals surface area contributed by atoms with Crippen LogP contribution >= 0.6 is 23.2 Å². The highest BCUT2D eigenvalue weighted by Gasteiger charge is 2.77. The Bertz CT molecular complexity index is 2080. The van der Waals surface area contributed by atoms with Gasteiger partial charge in [-0.05, 0) is 54.2 Å². The lowest BCUT2D eigenvalue weighted by atomic mass is 9.56. The molecule has 2 saturated heterocycles. The number of amides is 4. The van der Waals surface area contributed by atoms with Crippen molar-refractivity contribution in [2.75, 3.05) is 16.9 Å². The van der Waals surface area contributed by atoms with Crippen LogP contribution in [-0.4, -0.2) is 45.6 Å². The average molecular weight is 733 g/mol. The molecule has 0 radical (unpaired) electrons. The largest absolute Gasteiger partial charge is 0.504 e. The van der Waals surface area contributed by atoms with Crippen LogP contribution in [0.25, 0.3) is 6.08 Å². The maximum Gasteiger partial charge on any atom is 0.258 e. The number of alkyl halides is 2. The van der Waals surface area contributed by atoms with E-state index in [0.717, 1.165) is 16.5 Å². The summed E-state index contributed by atoms with van der Waals surface area (Å²) in [6.45, 7) is 3.69. The molecule has 15 heteroatoms. The maximum atomic E-state index is 15.2. The van der Waals surface area contributed by atoms with Crippen molar-refractivity contribution in [2.24, 2.45) is 17.8 Å². The average Bonchev–Trinajstić information content (AvgIpc) is 3.44. The fourth-order valence-corrected chi connectivity index (χ4v) is 8.78. The van der Waals surface area contributed by atoms with Crippen molar-refractivity contribution < 1.29 is 51.0 Å². The second-order valence-electron chi connectivity index (χ2n) is 12.4. The van der Waals surface area contributed by atoms with Gasteiger partial charge in [0.05, 0.1) is 24.6 Å².